The van der Waals surface area contributed by atoms with Gasteiger partial charge in [0.25, 0.3) is 5.91 Å². The maximum atomic E-state index is 12.7. The maximum absolute atomic E-state index is 12.7. The molecule has 7 nitrogen and oxygen atoms in total. The molecule has 4 rings (SSSR count). The number of hydrogen-bond donors (Lipinski definition) is 2. The zero-order valence-corrected chi connectivity index (χ0v) is 20.7. The van der Waals surface area contributed by atoms with Crippen LogP contribution in [0.2, 0.25) is 0 Å². The van der Waals surface area contributed by atoms with Crippen LogP contribution in [0.15, 0.2) is 79.1 Å². The Hall–Kier alpha value is -4.39. The lowest BCUT2D eigenvalue weighted by molar-refractivity contribution is 0.0951. The van der Waals surface area contributed by atoms with E-state index in [2.05, 4.69) is 39.7 Å². The van der Waals surface area contributed by atoms with E-state index in [-0.39, 0.29) is 5.91 Å². The third-order valence-corrected chi connectivity index (χ3v) is 5.46. The lowest BCUT2D eigenvalue weighted by Crippen LogP contribution is -2.22. The summed E-state index contributed by atoms with van der Waals surface area (Å²) in [5.41, 5.74) is 5.38. The van der Waals surface area contributed by atoms with Crippen LogP contribution in [0.5, 0.6) is 11.5 Å². The number of rotatable bonds is 10. The summed E-state index contributed by atoms with van der Waals surface area (Å²) in [5.74, 6) is 1.90. The zero-order chi connectivity index (χ0) is 25.3. The van der Waals surface area contributed by atoms with E-state index in [1.165, 1.54) is 5.56 Å². The molecular weight excluding hydrogens is 452 g/mol. The molecule has 0 saturated heterocycles. The molecule has 1 aromatic heterocycles. The molecule has 7 heteroatoms. The van der Waals surface area contributed by atoms with Crippen molar-refractivity contribution in [3.8, 4) is 22.8 Å². The van der Waals surface area contributed by atoms with Crippen LogP contribution in [0, 0.1) is 6.92 Å². The van der Waals surface area contributed by atoms with Gasteiger partial charge in [0.2, 0.25) is 0 Å². The molecule has 0 aliphatic carbocycles. The van der Waals surface area contributed by atoms with Gasteiger partial charge in [-0.2, -0.15) is 0 Å². The summed E-state index contributed by atoms with van der Waals surface area (Å²) in [6.45, 7) is 7.40. The van der Waals surface area contributed by atoms with Crippen molar-refractivity contribution in [1.82, 2.24) is 15.3 Å². The molecule has 1 heterocycles. The molecule has 184 valence electrons. The Morgan fingerprint density at radius 3 is 2.39 bits per heavy atom. The topological polar surface area (TPSA) is 85.4 Å². The molecule has 0 atom stereocenters. The smallest absolute Gasteiger partial charge is 0.251 e. The van der Waals surface area contributed by atoms with Gasteiger partial charge in [-0.1, -0.05) is 29.8 Å². The molecular formula is C29H30N4O3. The number of ether oxygens (including phenoxy) is 2. The van der Waals surface area contributed by atoms with Gasteiger partial charge in [0, 0.05) is 29.4 Å². The predicted molar refractivity (Wildman–Crippen MR) is 142 cm³/mol. The minimum atomic E-state index is -0.155. The molecule has 0 saturated carbocycles. The number of aryl methyl sites for hydroxylation is 1. The fourth-order valence-corrected chi connectivity index (χ4v) is 3.73. The number of carbonyl (C=O) groups is 1. The molecule has 0 bridgehead atoms. The number of aromatic nitrogens is 2. The van der Waals surface area contributed by atoms with Crippen molar-refractivity contribution in [3.05, 3.63) is 95.8 Å². The van der Waals surface area contributed by atoms with Gasteiger partial charge in [-0.3, -0.25) is 4.79 Å². The number of amides is 1. The molecule has 3 aromatic carbocycles. The predicted octanol–water partition coefficient (Wildman–Crippen LogP) is 5.92. The number of hydrogen-bond acceptors (Lipinski definition) is 6. The highest BCUT2D eigenvalue weighted by molar-refractivity contribution is 5.94. The summed E-state index contributed by atoms with van der Waals surface area (Å²) in [5, 5.41) is 6.24. The van der Waals surface area contributed by atoms with E-state index >= 15 is 0 Å². The van der Waals surface area contributed by atoms with Crippen LogP contribution >= 0.6 is 0 Å². The fourth-order valence-electron chi connectivity index (χ4n) is 3.73. The second-order valence-electron chi connectivity index (χ2n) is 8.19. The van der Waals surface area contributed by atoms with Gasteiger partial charge in [0.05, 0.1) is 18.9 Å². The normalized spacial score (nSPS) is 10.5. The van der Waals surface area contributed by atoms with Gasteiger partial charge in [-0.25, -0.2) is 9.97 Å². The Morgan fingerprint density at radius 1 is 0.861 bits per heavy atom. The van der Waals surface area contributed by atoms with Crippen molar-refractivity contribution in [2.75, 3.05) is 18.5 Å². The van der Waals surface area contributed by atoms with Crippen LogP contribution in [-0.4, -0.2) is 29.1 Å². The highest BCUT2D eigenvalue weighted by atomic mass is 16.5. The molecule has 1 amide bonds. The van der Waals surface area contributed by atoms with Crippen molar-refractivity contribution in [1.29, 1.82) is 0 Å². The van der Waals surface area contributed by atoms with E-state index in [4.69, 9.17) is 9.47 Å². The number of benzene rings is 3. The van der Waals surface area contributed by atoms with Crippen molar-refractivity contribution < 1.29 is 14.3 Å². The van der Waals surface area contributed by atoms with Gasteiger partial charge in [0.15, 0.2) is 11.5 Å². The summed E-state index contributed by atoms with van der Waals surface area (Å²) >= 11 is 0. The third kappa shape index (κ3) is 6.39. The first-order valence-electron chi connectivity index (χ1n) is 12.0. The number of anilines is 2. The minimum Gasteiger partial charge on any atom is -0.490 e. The molecule has 0 aliphatic heterocycles. The lowest BCUT2D eigenvalue weighted by atomic mass is 10.1. The largest absolute Gasteiger partial charge is 0.490 e. The van der Waals surface area contributed by atoms with Crippen LogP contribution in [0.4, 0.5) is 11.5 Å². The van der Waals surface area contributed by atoms with Crippen LogP contribution in [-0.2, 0) is 6.54 Å². The first-order valence-corrected chi connectivity index (χ1v) is 12.0. The summed E-state index contributed by atoms with van der Waals surface area (Å²) in [6, 6.07) is 23.0. The summed E-state index contributed by atoms with van der Waals surface area (Å²) in [7, 11) is 0. The van der Waals surface area contributed by atoms with Crippen LogP contribution in [0.3, 0.4) is 0 Å². The van der Waals surface area contributed by atoms with Crippen LogP contribution in [0.1, 0.15) is 35.3 Å². The summed E-state index contributed by atoms with van der Waals surface area (Å²) in [6.07, 6.45) is 1.54. The third-order valence-electron chi connectivity index (χ3n) is 5.46. The first kappa shape index (κ1) is 24.7. The van der Waals surface area contributed by atoms with Crippen LogP contribution < -0.4 is 20.1 Å². The fraction of sp³-hybridized carbons (Fsp3) is 0.207. The summed E-state index contributed by atoms with van der Waals surface area (Å²) in [4.78, 5) is 21.4. The molecule has 0 radical (unpaired) electrons. The molecule has 2 N–H and O–H groups in total. The van der Waals surface area contributed by atoms with E-state index in [0.717, 1.165) is 22.5 Å². The number of carbonyl (C=O) groups excluding carboxylic acids is 1. The van der Waals surface area contributed by atoms with Gasteiger partial charge in [0.1, 0.15) is 12.1 Å². The SMILES string of the molecule is CCOc1ccc(CNC(=O)c2ccc(Nc3cc(-c4cccc(C)c4)ncn3)cc2)cc1OCC. The molecule has 0 spiro atoms. The van der Waals surface area contributed by atoms with E-state index in [1.54, 1.807) is 18.5 Å². The Morgan fingerprint density at radius 2 is 1.64 bits per heavy atom. The lowest BCUT2D eigenvalue weighted by Gasteiger charge is -2.13. The van der Waals surface area contributed by atoms with E-state index in [0.29, 0.717) is 42.6 Å². The van der Waals surface area contributed by atoms with Crippen molar-refractivity contribution in [2.45, 2.75) is 27.3 Å². The quantitative estimate of drug-likeness (QED) is 0.292. The maximum Gasteiger partial charge on any atom is 0.251 e. The zero-order valence-electron chi connectivity index (χ0n) is 20.7. The second-order valence-corrected chi connectivity index (χ2v) is 8.19. The van der Waals surface area contributed by atoms with E-state index < -0.39 is 0 Å². The highest BCUT2D eigenvalue weighted by Gasteiger charge is 2.09. The van der Waals surface area contributed by atoms with Crippen molar-refractivity contribution in [2.24, 2.45) is 0 Å². The minimum absolute atomic E-state index is 0.155. The molecule has 0 fully saturated rings. The van der Waals surface area contributed by atoms with Crippen LogP contribution in [0.25, 0.3) is 11.3 Å². The summed E-state index contributed by atoms with van der Waals surface area (Å²) < 4.78 is 11.3. The Balaban J connectivity index is 1.37. The van der Waals surface area contributed by atoms with E-state index in [1.807, 2.05) is 62.4 Å². The second kappa shape index (κ2) is 11.8. The molecule has 4 aromatic rings. The average Bonchev–Trinajstić information content (AvgIpc) is 2.89. The van der Waals surface area contributed by atoms with Gasteiger partial charge in [-0.15, -0.1) is 0 Å². The van der Waals surface area contributed by atoms with Crippen molar-refractivity contribution >= 4 is 17.4 Å². The van der Waals surface area contributed by atoms with Gasteiger partial charge in [-0.05, 0) is 68.8 Å². The van der Waals surface area contributed by atoms with Crippen molar-refractivity contribution in [3.63, 3.8) is 0 Å². The standard InChI is InChI=1S/C29H30N4O3/c1-4-35-26-14-9-21(16-27(26)36-5-2)18-30-29(34)22-10-12-24(13-11-22)33-28-17-25(31-19-32-28)23-8-6-7-20(3)15-23/h6-17,19H,4-5,18H2,1-3H3,(H,30,34)(H,31,32,33). The molecule has 36 heavy (non-hydrogen) atoms. The van der Waals surface area contributed by atoms with Gasteiger partial charge < -0.3 is 20.1 Å². The average molecular weight is 483 g/mol. The monoisotopic (exact) mass is 482 g/mol. The molecule has 0 aliphatic rings. The number of nitrogens with zero attached hydrogens (tertiary/aromatic N) is 2. The Labute approximate surface area is 211 Å². The Kier molecular flexibility index (Phi) is 8.13. The number of nitrogens with one attached hydrogen (secondary N) is 2. The van der Waals surface area contributed by atoms with E-state index in [9.17, 15) is 4.79 Å². The highest BCUT2D eigenvalue weighted by Crippen LogP contribution is 2.28. The molecule has 0 unspecified atom stereocenters. The Bertz CT molecular complexity index is 1320. The first-order chi connectivity index (χ1) is 17.6. The van der Waals surface area contributed by atoms with Gasteiger partial charge >= 0.3 is 0 Å².